The van der Waals surface area contributed by atoms with Crippen molar-refractivity contribution in [3.63, 3.8) is 0 Å². The summed E-state index contributed by atoms with van der Waals surface area (Å²) in [6, 6.07) is 0.106. The summed E-state index contributed by atoms with van der Waals surface area (Å²) < 4.78 is 0. The Balaban J connectivity index is 1.72. The van der Waals surface area contributed by atoms with Crippen molar-refractivity contribution in [3.05, 3.63) is 0 Å². The van der Waals surface area contributed by atoms with Crippen molar-refractivity contribution in [1.29, 1.82) is 0 Å². The lowest BCUT2D eigenvalue weighted by Crippen LogP contribution is -2.45. The highest BCUT2D eigenvalue weighted by molar-refractivity contribution is 5.74. The molecule has 1 saturated carbocycles. The van der Waals surface area contributed by atoms with E-state index in [1.165, 1.54) is 19.3 Å². The second-order valence-corrected chi connectivity index (χ2v) is 4.91. The zero-order valence-electron chi connectivity index (χ0n) is 9.30. The fraction of sp³-hybridized carbons (Fsp3) is 0.909. The monoisotopic (exact) mass is 211 g/mol. The minimum Gasteiger partial charge on any atom is -0.337 e. The van der Waals surface area contributed by atoms with Crippen molar-refractivity contribution >= 4 is 6.03 Å². The Morgan fingerprint density at radius 1 is 1.27 bits per heavy atom. The normalized spacial score (nSPS) is 23.7. The van der Waals surface area contributed by atoms with Gasteiger partial charge in [-0.2, -0.15) is 0 Å². The van der Waals surface area contributed by atoms with E-state index in [0.29, 0.717) is 6.54 Å². The highest BCUT2D eigenvalue weighted by atomic mass is 16.2. The number of hydrogen-bond acceptors (Lipinski definition) is 2. The molecule has 86 valence electrons. The summed E-state index contributed by atoms with van der Waals surface area (Å²) in [7, 11) is 0. The average Bonchev–Trinajstić information content (AvgIpc) is 3.08. The number of carbonyl (C=O) groups is 1. The fourth-order valence-corrected chi connectivity index (χ4v) is 2.10. The highest BCUT2D eigenvalue weighted by Gasteiger charge is 2.41. The van der Waals surface area contributed by atoms with Gasteiger partial charge < -0.3 is 16.0 Å². The van der Waals surface area contributed by atoms with E-state index in [4.69, 9.17) is 5.73 Å². The van der Waals surface area contributed by atoms with Crippen LogP contribution in [0.15, 0.2) is 0 Å². The lowest BCUT2D eigenvalue weighted by molar-refractivity contribution is 0.184. The van der Waals surface area contributed by atoms with E-state index >= 15 is 0 Å². The zero-order chi connectivity index (χ0) is 10.7. The predicted octanol–water partition coefficient (Wildman–Crippen LogP) is 0.921. The first-order chi connectivity index (χ1) is 7.26. The van der Waals surface area contributed by atoms with E-state index in [0.717, 1.165) is 32.5 Å². The fourth-order valence-electron chi connectivity index (χ4n) is 2.10. The van der Waals surface area contributed by atoms with Crippen LogP contribution in [0.1, 0.15) is 32.1 Å². The number of carbonyl (C=O) groups excluding carboxylic acids is 1. The first kappa shape index (κ1) is 10.7. The number of hydrogen-bond donors (Lipinski definition) is 2. The number of rotatable bonds is 3. The van der Waals surface area contributed by atoms with Gasteiger partial charge in [0.15, 0.2) is 0 Å². The van der Waals surface area contributed by atoms with Crippen LogP contribution in [-0.2, 0) is 0 Å². The van der Waals surface area contributed by atoms with E-state index in [2.05, 4.69) is 5.32 Å². The maximum atomic E-state index is 11.8. The van der Waals surface area contributed by atoms with E-state index in [1.54, 1.807) is 0 Å². The molecule has 2 amide bonds. The Morgan fingerprint density at radius 3 is 2.47 bits per heavy atom. The zero-order valence-corrected chi connectivity index (χ0v) is 9.30. The Bertz CT molecular complexity index is 232. The van der Waals surface area contributed by atoms with Gasteiger partial charge in [0.1, 0.15) is 0 Å². The molecule has 1 saturated heterocycles. The highest BCUT2D eigenvalue weighted by Crippen LogP contribution is 2.43. The molecule has 2 fully saturated rings. The van der Waals surface area contributed by atoms with E-state index in [-0.39, 0.29) is 11.4 Å². The van der Waals surface area contributed by atoms with Crippen LogP contribution in [0, 0.1) is 5.41 Å². The first-order valence-electron chi connectivity index (χ1n) is 5.99. The van der Waals surface area contributed by atoms with Crippen LogP contribution in [-0.4, -0.2) is 37.1 Å². The molecule has 0 atom stereocenters. The molecule has 15 heavy (non-hydrogen) atoms. The van der Waals surface area contributed by atoms with Gasteiger partial charge in [-0.3, -0.25) is 0 Å². The molecule has 4 heteroatoms. The second-order valence-electron chi connectivity index (χ2n) is 4.91. The summed E-state index contributed by atoms with van der Waals surface area (Å²) in [5.41, 5.74) is 5.91. The Labute approximate surface area is 91.2 Å². The summed E-state index contributed by atoms with van der Waals surface area (Å²) in [6.45, 7) is 3.30. The number of nitrogens with zero attached hydrogens (tertiary/aromatic N) is 1. The second kappa shape index (κ2) is 4.39. The number of nitrogens with two attached hydrogens (primary N) is 1. The molecule has 1 heterocycles. The topological polar surface area (TPSA) is 58.4 Å². The predicted molar refractivity (Wildman–Crippen MR) is 59.5 cm³/mol. The van der Waals surface area contributed by atoms with Crippen LogP contribution in [0.5, 0.6) is 0 Å². The molecular formula is C11H21N3O. The van der Waals surface area contributed by atoms with Crippen molar-refractivity contribution in [1.82, 2.24) is 10.2 Å². The number of piperidine rings is 1. The van der Waals surface area contributed by atoms with Gasteiger partial charge in [-0.05, 0) is 38.6 Å². The van der Waals surface area contributed by atoms with Crippen LogP contribution < -0.4 is 11.1 Å². The molecule has 1 aliphatic heterocycles. The van der Waals surface area contributed by atoms with Gasteiger partial charge in [0.2, 0.25) is 0 Å². The van der Waals surface area contributed by atoms with Gasteiger partial charge in [0.05, 0.1) is 0 Å². The number of amides is 2. The maximum absolute atomic E-state index is 11.8. The lowest BCUT2D eigenvalue weighted by Gasteiger charge is -2.27. The third-order valence-corrected chi connectivity index (χ3v) is 3.65. The summed E-state index contributed by atoms with van der Waals surface area (Å²) in [4.78, 5) is 13.7. The van der Waals surface area contributed by atoms with Crippen molar-refractivity contribution in [2.45, 2.75) is 32.1 Å². The van der Waals surface area contributed by atoms with Gasteiger partial charge in [-0.1, -0.05) is 0 Å². The van der Waals surface area contributed by atoms with E-state index in [1.807, 2.05) is 4.90 Å². The number of urea groups is 1. The lowest BCUT2D eigenvalue weighted by atomic mass is 10.1. The summed E-state index contributed by atoms with van der Waals surface area (Å²) in [5, 5.41) is 3.01. The minimum atomic E-state index is 0.106. The largest absolute Gasteiger partial charge is 0.337 e. The molecule has 4 nitrogen and oxygen atoms in total. The van der Waals surface area contributed by atoms with Gasteiger partial charge >= 0.3 is 6.03 Å². The molecule has 0 aromatic rings. The molecule has 3 N–H and O–H groups in total. The van der Waals surface area contributed by atoms with Crippen LogP contribution in [0.3, 0.4) is 0 Å². The third kappa shape index (κ3) is 2.62. The summed E-state index contributed by atoms with van der Waals surface area (Å²) in [6.07, 6.45) is 5.90. The third-order valence-electron chi connectivity index (χ3n) is 3.65. The molecule has 0 aromatic carbocycles. The minimum absolute atomic E-state index is 0.106. The van der Waals surface area contributed by atoms with Crippen LogP contribution in [0.2, 0.25) is 0 Å². The molecule has 0 spiro atoms. The van der Waals surface area contributed by atoms with Crippen molar-refractivity contribution < 1.29 is 4.79 Å². The van der Waals surface area contributed by atoms with Crippen molar-refractivity contribution in [3.8, 4) is 0 Å². The van der Waals surface area contributed by atoms with Crippen LogP contribution in [0.4, 0.5) is 4.79 Å². The molecule has 0 radical (unpaired) electrons. The SMILES string of the molecule is NCC1(CNC(=O)N2CCCCC2)CC1. The molecule has 0 bridgehead atoms. The molecular weight excluding hydrogens is 190 g/mol. The quantitative estimate of drug-likeness (QED) is 0.729. The van der Waals surface area contributed by atoms with Crippen LogP contribution >= 0.6 is 0 Å². The van der Waals surface area contributed by atoms with Crippen molar-refractivity contribution in [2.24, 2.45) is 11.1 Å². The number of nitrogens with one attached hydrogen (secondary N) is 1. The molecule has 1 aliphatic carbocycles. The first-order valence-corrected chi connectivity index (χ1v) is 5.99. The summed E-state index contributed by atoms with van der Waals surface area (Å²) in [5.74, 6) is 0. The standard InChI is InChI=1S/C11H21N3O/c12-8-11(4-5-11)9-13-10(15)14-6-2-1-3-7-14/h1-9,12H2,(H,13,15). The Kier molecular flexibility index (Phi) is 3.14. The van der Waals surface area contributed by atoms with Gasteiger partial charge in [0, 0.05) is 25.0 Å². The molecule has 2 rings (SSSR count). The Hall–Kier alpha value is -0.770. The van der Waals surface area contributed by atoms with Crippen molar-refractivity contribution in [2.75, 3.05) is 26.2 Å². The molecule has 2 aliphatic rings. The van der Waals surface area contributed by atoms with E-state index < -0.39 is 0 Å². The average molecular weight is 211 g/mol. The van der Waals surface area contributed by atoms with Crippen LogP contribution in [0.25, 0.3) is 0 Å². The van der Waals surface area contributed by atoms with Gasteiger partial charge in [-0.15, -0.1) is 0 Å². The molecule has 0 aromatic heterocycles. The summed E-state index contributed by atoms with van der Waals surface area (Å²) >= 11 is 0. The van der Waals surface area contributed by atoms with Gasteiger partial charge in [0.25, 0.3) is 0 Å². The maximum Gasteiger partial charge on any atom is 0.317 e. The smallest absolute Gasteiger partial charge is 0.317 e. The number of likely N-dealkylation sites (tertiary alicyclic amines) is 1. The van der Waals surface area contributed by atoms with Gasteiger partial charge in [-0.25, -0.2) is 4.79 Å². The molecule has 0 unspecified atom stereocenters. The van der Waals surface area contributed by atoms with E-state index in [9.17, 15) is 4.79 Å². The Morgan fingerprint density at radius 2 is 1.93 bits per heavy atom.